The van der Waals surface area contributed by atoms with Gasteiger partial charge in [-0.1, -0.05) is 23.7 Å². The van der Waals surface area contributed by atoms with Crippen molar-refractivity contribution in [1.29, 1.82) is 0 Å². The molecule has 0 fully saturated rings. The summed E-state index contributed by atoms with van der Waals surface area (Å²) < 4.78 is 30.1. The highest BCUT2D eigenvalue weighted by Crippen LogP contribution is 2.27. The van der Waals surface area contributed by atoms with Crippen molar-refractivity contribution in [2.24, 2.45) is 0 Å². The maximum absolute atomic E-state index is 13.0. The summed E-state index contributed by atoms with van der Waals surface area (Å²) in [6.45, 7) is 1.87. The van der Waals surface area contributed by atoms with Gasteiger partial charge >= 0.3 is 5.97 Å². The summed E-state index contributed by atoms with van der Waals surface area (Å²) >= 11 is 5.97. The van der Waals surface area contributed by atoms with Crippen LogP contribution in [0.25, 0.3) is 11.0 Å². The van der Waals surface area contributed by atoms with E-state index >= 15 is 0 Å². The standard InChI is InChI=1S/C26H22ClFN2O5/c1-26(25(31)32,12-13-33-16-17-2-5-19(28)6-3-17)35-21-9-7-20(8-10-21)34-24-15-29-23-14-18(27)4-11-22(23)30-24/h2-11,14-15H,12-13,16H2,1H3,(H,31,32). The van der Waals surface area contributed by atoms with Crippen LogP contribution in [0.2, 0.25) is 5.02 Å². The van der Waals surface area contributed by atoms with Gasteiger partial charge in [-0.15, -0.1) is 0 Å². The lowest BCUT2D eigenvalue weighted by atomic mass is 10.0. The molecule has 0 saturated carbocycles. The lowest BCUT2D eigenvalue weighted by Gasteiger charge is -2.26. The minimum absolute atomic E-state index is 0.110. The Morgan fingerprint density at radius 2 is 1.74 bits per heavy atom. The summed E-state index contributed by atoms with van der Waals surface area (Å²) in [5.74, 6) is -0.288. The monoisotopic (exact) mass is 496 g/mol. The van der Waals surface area contributed by atoms with Crippen molar-refractivity contribution in [3.63, 3.8) is 0 Å². The first-order valence-corrected chi connectivity index (χ1v) is 11.1. The third kappa shape index (κ3) is 6.44. The number of nitrogens with zero attached hydrogens (tertiary/aromatic N) is 2. The van der Waals surface area contributed by atoms with Crippen LogP contribution in [0.15, 0.2) is 72.9 Å². The molecule has 0 bridgehead atoms. The lowest BCUT2D eigenvalue weighted by Crippen LogP contribution is -2.42. The molecule has 0 amide bonds. The molecule has 0 saturated heterocycles. The number of hydrogen-bond donors (Lipinski definition) is 1. The van der Waals surface area contributed by atoms with Crippen LogP contribution in [-0.4, -0.2) is 33.3 Å². The third-order valence-electron chi connectivity index (χ3n) is 5.23. The van der Waals surface area contributed by atoms with E-state index in [-0.39, 0.29) is 25.5 Å². The second-order valence-corrected chi connectivity index (χ2v) is 8.42. The summed E-state index contributed by atoms with van der Waals surface area (Å²) in [4.78, 5) is 20.6. The van der Waals surface area contributed by atoms with E-state index in [2.05, 4.69) is 9.97 Å². The smallest absolute Gasteiger partial charge is 0.347 e. The van der Waals surface area contributed by atoms with Gasteiger partial charge in [-0.25, -0.2) is 19.2 Å². The zero-order valence-corrected chi connectivity index (χ0v) is 19.5. The summed E-state index contributed by atoms with van der Waals surface area (Å²) in [6, 6.07) is 17.6. The molecule has 35 heavy (non-hydrogen) atoms. The molecule has 4 rings (SSSR count). The molecule has 1 N–H and O–H groups in total. The quantitative estimate of drug-likeness (QED) is 0.267. The number of carboxylic acid groups (broad SMARTS) is 1. The number of halogens is 2. The highest BCUT2D eigenvalue weighted by molar-refractivity contribution is 6.31. The normalized spacial score (nSPS) is 12.8. The van der Waals surface area contributed by atoms with E-state index in [1.165, 1.54) is 25.3 Å². The molecule has 0 aliphatic carbocycles. The van der Waals surface area contributed by atoms with Crippen LogP contribution in [0.3, 0.4) is 0 Å². The molecule has 1 atom stereocenters. The van der Waals surface area contributed by atoms with Crippen LogP contribution < -0.4 is 9.47 Å². The van der Waals surface area contributed by atoms with Gasteiger partial charge in [0.15, 0.2) is 0 Å². The van der Waals surface area contributed by atoms with Crippen LogP contribution in [0, 0.1) is 5.82 Å². The van der Waals surface area contributed by atoms with E-state index in [1.54, 1.807) is 54.6 Å². The third-order valence-corrected chi connectivity index (χ3v) is 5.46. The predicted octanol–water partition coefficient (Wildman–Crippen LogP) is 6.04. The van der Waals surface area contributed by atoms with E-state index in [0.717, 1.165) is 5.56 Å². The second-order valence-electron chi connectivity index (χ2n) is 7.98. The minimum atomic E-state index is -1.50. The average molecular weight is 497 g/mol. The summed E-state index contributed by atoms with van der Waals surface area (Å²) in [6.07, 6.45) is 1.61. The van der Waals surface area contributed by atoms with Gasteiger partial charge < -0.3 is 19.3 Å². The highest BCUT2D eigenvalue weighted by Gasteiger charge is 2.35. The van der Waals surface area contributed by atoms with Crippen molar-refractivity contribution in [1.82, 2.24) is 9.97 Å². The van der Waals surface area contributed by atoms with E-state index in [4.69, 9.17) is 25.8 Å². The fraction of sp³-hybridized carbons (Fsp3) is 0.192. The molecule has 0 aliphatic heterocycles. The van der Waals surface area contributed by atoms with Crippen LogP contribution >= 0.6 is 11.6 Å². The van der Waals surface area contributed by atoms with Crippen LogP contribution in [0.4, 0.5) is 4.39 Å². The number of aromatic nitrogens is 2. The van der Waals surface area contributed by atoms with Crippen molar-refractivity contribution >= 4 is 28.6 Å². The van der Waals surface area contributed by atoms with Crippen LogP contribution in [0.5, 0.6) is 17.4 Å². The molecule has 1 aromatic heterocycles. The number of hydrogen-bond acceptors (Lipinski definition) is 6. The molecule has 0 aliphatic rings. The van der Waals surface area contributed by atoms with Crippen molar-refractivity contribution in [2.45, 2.75) is 25.6 Å². The first-order chi connectivity index (χ1) is 16.8. The van der Waals surface area contributed by atoms with Gasteiger partial charge in [-0.3, -0.25) is 0 Å². The number of carboxylic acids is 1. The molecule has 3 aromatic carbocycles. The molecule has 1 unspecified atom stereocenters. The zero-order chi connectivity index (χ0) is 24.8. The Morgan fingerprint density at radius 3 is 2.46 bits per heavy atom. The average Bonchev–Trinajstić information content (AvgIpc) is 2.84. The van der Waals surface area contributed by atoms with E-state index < -0.39 is 11.6 Å². The van der Waals surface area contributed by atoms with Gasteiger partial charge in [0.05, 0.1) is 30.4 Å². The molecule has 1 heterocycles. The second kappa shape index (κ2) is 10.7. The van der Waals surface area contributed by atoms with Gasteiger partial charge in [-0.2, -0.15) is 0 Å². The number of fused-ring (bicyclic) bond motifs is 1. The van der Waals surface area contributed by atoms with Crippen molar-refractivity contribution in [3.05, 3.63) is 89.3 Å². The fourth-order valence-electron chi connectivity index (χ4n) is 3.21. The van der Waals surface area contributed by atoms with Crippen molar-refractivity contribution in [2.75, 3.05) is 6.61 Å². The SMILES string of the molecule is CC(CCOCc1ccc(F)cc1)(Oc1ccc(Oc2cnc3cc(Cl)ccc3n2)cc1)C(=O)O. The highest BCUT2D eigenvalue weighted by atomic mass is 35.5. The molecule has 7 nitrogen and oxygen atoms in total. The molecule has 9 heteroatoms. The van der Waals surface area contributed by atoms with Crippen molar-refractivity contribution in [3.8, 4) is 17.4 Å². The number of rotatable bonds is 10. The Bertz CT molecular complexity index is 1320. The maximum Gasteiger partial charge on any atom is 0.347 e. The number of benzene rings is 3. The topological polar surface area (TPSA) is 90.8 Å². The largest absolute Gasteiger partial charge is 0.478 e. The number of aliphatic carboxylic acids is 1. The molecule has 0 radical (unpaired) electrons. The molecule has 180 valence electrons. The Morgan fingerprint density at radius 1 is 1.03 bits per heavy atom. The molecular formula is C26H22ClFN2O5. The zero-order valence-electron chi connectivity index (χ0n) is 18.8. The summed E-state index contributed by atoms with van der Waals surface area (Å²) in [7, 11) is 0. The Labute approximate surface area is 206 Å². The summed E-state index contributed by atoms with van der Waals surface area (Å²) in [5.41, 5.74) is 0.588. The maximum atomic E-state index is 13.0. The van der Waals surface area contributed by atoms with E-state index in [1.807, 2.05) is 0 Å². The number of carbonyl (C=O) groups is 1. The Balaban J connectivity index is 1.34. The fourth-order valence-corrected chi connectivity index (χ4v) is 3.38. The van der Waals surface area contributed by atoms with Crippen LogP contribution in [0.1, 0.15) is 18.9 Å². The van der Waals surface area contributed by atoms with Gasteiger partial charge in [0.1, 0.15) is 17.3 Å². The van der Waals surface area contributed by atoms with Crippen LogP contribution in [-0.2, 0) is 16.1 Å². The lowest BCUT2D eigenvalue weighted by molar-refractivity contribution is -0.155. The Hall–Kier alpha value is -3.75. The van der Waals surface area contributed by atoms with Crippen molar-refractivity contribution < 1.29 is 28.5 Å². The predicted molar refractivity (Wildman–Crippen MR) is 128 cm³/mol. The minimum Gasteiger partial charge on any atom is -0.478 e. The first kappa shape index (κ1) is 24.4. The van der Waals surface area contributed by atoms with E-state index in [9.17, 15) is 14.3 Å². The van der Waals surface area contributed by atoms with Gasteiger partial charge in [0, 0.05) is 11.4 Å². The van der Waals surface area contributed by atoms with Gasteiger partial charge in [0.25, 0.3) is 0 Å². The van der Waals surface area contributed by atoms with Gasteiger partial charge in [-0.05, 0) is 67.1 Å². The van der Waals surface area contributed by atoms with E-state index in [0.29, 0.717) is 33.4 Å². The first-order valence-electron chi connectivity index (χ1n) is 10.8. The molecule has 0 spiro atoms. The molecule has 4 aromatic rings. The molecular weight excluding hydrogens is 475 g/mol. The van der Waals surface area contributed by atoms with Gasteiger partial charge in [0.2, 0.25) is 11.5 Å². The number of ether oxygens (including phenoxy) is 3. The Kier molecular flexibility index (Phi) is 7.43. The summed E-state index contributed by atoms with van der Waals surface area (Å²) in [5, 5.41) is 10.3.